The average molecular weight is 367 g/mol. The second-order valence-electron chi connectivity index (χ2n) is 7.14. The van der Waals surface area contributed by atoms with Crippen LogP contribution in [0.5, 0.6) is 5.75 Å². The number of methoxy groups -OCH3 is 1. The number of ketones is 2. The number of carbonyl (C=O) groups excluding carboxylic acids is 2. The molecule has 0 radical (unpaired) electrons. The lowest BCUT2D eigenvalue weighted by atomic mass is 9.90. The summed E-state index contributed by atoms with van der Waals surface area (Å²) in [5, 5.41) is 7.33. The molecule has 0 unspecified atom stereocenters. The van der Waals surface area contributed by atoms with E-state index < -0.39 is 5.41 Å². The number of hydrogen-bond acceptors (Lipinski definition) is 5. The van der Waals surface area contributed by atoms with Gasteiger partial charge in [-0.15, -0.1) is 0 Å². The summed E-state index contributed by atoms with van der Waals surface area (Å²) in [4.78, 5) is 24.1. The maximum Gasteiger partial charge on any atom is 0.205 e. The van der Waals surface area contributed by atoms with Crippen molar-refractivity contribution in [2.45, 2.75) is 27.7 Å². The number of rotatable bonds is 6. The fourth-order valence-corrected chi connectivity index (χ4v) is 2.20. The van der Waals surface area contributed by atoms with E-state index in [1.165, 1.54) is 6.92 Å². The monoisotopic (exact) mass is 367 g/mol. The normalized spacial score (nSPS) is 11.7. The molecular formula is C21H25N3O3. The molecule has 6 heteroatoms. The molecule has 2 aromatic rings. The molecule has 0 aromatic heterocycles. The Kier molecular flexibility index (Phi) is 6.34. The number of hydrogen-bond donors (Lipinski definition) is 2. The Balaban J connectivity index is 2.23. The highest BCUT2D eigenvalue weighted by Crippen LogP contribution is 2.19. The Bertz CT molecular complexity index is 832. The third kappa shape index (κ3) is 5.67. The van der Waals surface area contributed by atoms with Crippen LogP contribution in [0.25, 0.3) is 0 Å². The first kappa shape index (κ1) is 20.2. The predicted octanol–water partition coefficient (Wildman–Crippen LogP) is 4.35. The number of ether oxygens (including phenoxy) is 1. The summed E-state index contributed by atoms with van der Waals surface area (Å²) in [6.07, 6.45) is 0. The summed E-state index contributed by atoms with van der Waals surface area (Å²) in [5.41, 5.74) is 4.29. The first-order valence-corrected chi connectivity index (χ1v) is 8.61. The van der Waals surface area contributed by atoms with Gasteiger partial charge in [0.2, 0.25) is 5.78 Å². The first-order chi connectivity index (χ1) is 12.7. The number of nitrogens with one attached hydrogen (secondary N) is 2. The largest absolute Gasteiger partial charge is 0.497 e. The molecule has 27 heavy (non-hydrogen) atoms. The molecule has 0 spiro atoms. The topological polar surface area (TPSA) is 79.8 Å². The molecule has 6 nitrogen and oxygen atoms in total. The van der Waals surface area contributed by atoms with E-state index in [2.05, 4.69) is 15.8 Å². The van der Waals surface area contributed by atoms with Crippen molar-refractivity contribution < 1.29 is 14.3 Å². The summed E-state index contributed by atoms with van der Waals surface area (Å²) in [6.45, 7) is 7.02. The number of nitrogens with zero attached hydrogens (tertiary/aromatic N) is 1. The van der Waals surface area contributed by atoms with E-state index in [0.717, 1.165) is 11.4 Å². The molecule has 0 amide bonds. The van der Waals surface area contributed by atoms with Crippen LogP contribution < -0.4 is 15.5 Å². The Morgan fingerprint density at radius 2 is 1.48 bits per heavy atom. The van der Waals surface area contributed by atoms with E-state index in [1.807, 2.05) is 32.9 Å². The number of anilines is 2. The third-order valence-corrected chi connectivity index (χ3v) is 3.84. The van der Waals surface area contributed by atoms with E-state index in [4.69, 9.17) is 4.74 Å². The minimum atomic E-state index is -0.599. The van der Waals surface area contributed by atoms with E-state index in [0.29, 0.717) is 11.3 Å². The van der Waals surface area contributed by atoms with Crippen LogP contribution in [0.2, 0.25) is 0 Å². The first-order valence-electron chi connectivity index (χ1n) is 8.61. The molecular weight excluding hydrogens is 342 g/mol. The number of benzene rings is 2. The fraction of sp³-hybridized carbons (Fsp3) is 0.286. The fourth-order valence-electron chi connectivity index (χ4n) is 2.20. The molecule has 0 saturated carbocycles. The maximum atomic E-state index is 12.8. The lowest BCUT2D eigenvalue weighted by molar-refractivity contribution is -0.119. The molecule has 0 aliphatic rings. The highest BCUT2D eigenvalue weighted by molar-refractivity contribution is 6.44. The lowest BCUT2D eigenvalue weighted by Crippen LogP contribution is -2.34. The molecule has 2 N–H and O–H groups in total. The molecule has 0 atom stereocenters. The van der Waals surface area contributed by atoms with E-state index in [1.54, 1.807) is 43.5 Å². The molecule has 0 saturated heterocycles. The molecule has 0 aliphatic heterocycles. The van der Waals surface area contributed by atoms with Gasteiger partial charge in [0.05, 0.1) is 12.8 Å². The lowest BCUT2D eigenvalue weighted by Gasteiger charge is -2.19. The summed E-state index contributed by atoms with van der Waals surface area (Å²) in [5.74, 6) is 0.786. The van der Waals surface area contributed by atoms with Crippen LogP contribution in [0.3, 0.4) is 0 Å². The number of hydrazone groups is 1. The van der Waals surface area contributed by atoms with Crippen molar-refractivity contribution in [3.05, 3.63) is 54.1 Å². The number of amidine groups is 1. The highest BCUT2D eigenvalue weighted by atomic mass is 16.5. The van der Waals surface area contributed by atoms with Gasteiger partial charge in [0.25, 0.3) is 0 Å². The van der Waals surface area contributed by atoms with Crippen molar-refractivity contribution in [3.8, 4) is 5.75 Å². The van der Waals surface area contributed by atoms with Crippen LogP contribution in [0.1, 0.15) is 38.1 Å². The zero-order valence-electron chi connectivity index (χ0n) is 16.3. The van der Waals surface area contributed by atoms with Gasteiger partial charge in [0, 0.05) is 16.7 Å². The van der Waals surface area contributed by atoms with Gasteiger partial charge >= 0.3 is 0 Å². The van der Waals surface area contributed by atoms with Gasteiger partial charge in [-0.3, -0.25) is 15.0 Å². The molecule has 0 bridgehead atoms. The summed E-state index contributed by atoms with van der Waals surface area (Å²) < 4.78 is 5.15. The maximum absolute atomic E-state index is 12.8. The number of carbonyl (C=O) groups is 2. The molecule has 2 rings (SSSR count). The minimum Gasteiger partial charge on any atom is -0.497 e. The Morgan fingerprint density at radius 3 is 1.96 bits per heavy atom. The van der Waals surface area contributed by atoms with Gasteiger partial charge < -0.3 is 10.1 Å². The van der Waals surface area contributed by atoms with E-state index in [-0.39, 0.29) is 17.4 Å². The van der Waals surface area contributed by atoms with Crippen LogP contribution in [0.15, 0.2) is 53.6 Å². The number of Topliss-reactive ketones (excluding diaryl/α,β-unsaturated/α-hetero) is 2. The third-order valence-electron chi connectivity index (χ3n) is 3.84. The molecule has 0 aliphatic carbocycles. The average Bonchev–Trinajstić information content (AvgIpc) is 2.64. The highest BCUT2D eigenvalue weighted by Gasteiger charge is 2.27. The van der Waals surface area contributed by atoms with Gasteiger partial charge in [0.15, 0.2) is 11.6 Å². The Hall–Kier alpha value is -3.15. The molecule has 142 valence electrons. The van der Waals surface area contributed by atoms with Gasteiger partial charge in [-0.25, -0.2) is 0 Å². The van der Waals surface area contributed by atoms with E-state index in [9.17, 15) is 9.59 Å². The smallest absolute Gasteiger partial charge is 0.205 e. The van der Waals surface area contributed by atoms with E-state index >= 15 is 0 Å². The van der Waals surface area contributed by atoms with Gasteiger partial charge in [0.1, 0.15) is 5.75 Å². The zero-order valence-corrected chi connectivity index (χ0v) is 16.3. The second kappa shape index (κ2) is 8.49. The van der Waals surface area contributed by atoms with Crippen LogP contribution in [-0.4, -0.2) is 24.5 Å². The summed E-state index contributed by atoms with van der Waals surface area (Å²) in [7, 11) is 1.60. The van der Waals surface area contributed by atoms with Crippen molar-refractivity contribution in [2.75, 3.05) is 17.9 Å². The van der Waals surface area contributed by atoms with Gasteiger partial charge in [-0.05, 0) is 55.5 Å². The Morgan fingerprint density at radius 1 is 0.926 bits per heavy atom. The summed E-state index contributed by atoms with van der Waals surface area (Å²) in [6, 6.07) is 14.1. The van der Waals surface area contributed by atoms with Gasteiger partial charge in [-0.2, -0.15) is 5.10 Å². The van der Waals surface area contributed by atoms with Crippen LogP contribution in [-0.2, 0) is 4.79 Å². The minimum absolute atomic E-state index is 0.00479. The molecule has 0 fully saturated rings. The van der Waals surface area contributed by atoms with Crippen LogP contribution >= 0.6 is 0 Å². The quantitative estimate of drug-likeness (QED) is 0.343. The van der Waals surface area contributed by atoms with Gasteiger partial charge in [-0.1, -0.05) is 20.8 Å². The van der Waals surface area contributed by atoms with Crippen molar-refractivity contribution in [1.82, 2.24) is 0 Å². The van der Waals surface area contributed by atoms with Crippen molar-refractivity contribution in [2.24, 2.45) is 10.5 Å². The van der Waals surface area contributed by atoms with Crippen molar-refractivity contribution in [1.29, 1.82) is 0 Å². The van der Waals surface area contributed by atoms with Crippen LogP contribution in [0, 0.1) is 5.41 Å². The van der Waals surface area contributed by atoms with Crippen molar-refractivity contribution >= 4 is 28.8 Å². The predicted molar refractivity (Wildman–Crippen MR) is 109 cm³/mol. The molecule has 0 heterocycles. The second-order valence-corrected chi connectivity index (χ2v) is 7.14. The summed E-state index contributed by atoms with van der Waals surface area (Å²) >= 11 is 0. The standard InChI is InChI=1S/C21H25N3O3/c1-14(25)15-6-8-17(9-7-15)23-24-20(19(26)21(2,3)4)22-16-10-12-18(27-5)13-11-16/h6-13,23H,1-5H3,(H,22,24). The Labute approximate surface area is 159 Å². The SMILES string of the molecule is COc1ccc(N/C(=N\Nc2ccc(C(C)=O)cc2)C(=O)C(C)(C)C)cc1. The zero-order chi connectivity index (χ0) is 20.0. The molecule has 2 aromatic carbocycles. The van der Waals surface area contributed by atoms with Crippen LogP contribution in [0.4, 0.5) is 11.4 Å². The van der Waals surface area contributed by atoms with Crippen molar-refractivity contribution in [3.63, 3.8) is 0 Å².